The molecule has 4 unspecified atom stereocenters. The highest BCUT2D eigenvalue weighted by molar-refractivity contribution is 7.29. The van der Waals surface area contributed by atoms with Gasteiger partial charge in [-0.3, -0.25) is 0 Å². The highest BCUT2D eigenvalue weighted by Crippen LogP contribution is 2.67. The molecule has 20 heteroatoms. The van der Waals surface area contributed by atoms with Gasteiger partial charge in [-0.1, -0.05) is 288 Å². The third kappa shape index (κ3) is 22.1. The minimum Gasteiger partial charge on any atom is -0.203 e. The van der Waals surface area contributed by atoms with E-state index >= 15 is 17.6 Å². The SMILES string of the molecule is CCCCCCCCCCCCc1ccc(-c2ccc(-c3c(F)c(F)c(-c4ccc(-c5ccc(-c6cc7c(s6)-c6cc8c(cc6C7(CC(CC)CCCC)CC(CC)CCCC)-c6sc(-c7ccc(-c9ccc(-c%10c(F)c(F)c(-c%11ccc(-c%12ccc(CCCCCCCCCCCC)s%12)s%11)c%11nsnc%10%11)s9)s7)cc6C8(CC(CC)CCCC)CC(CC)CCCC)s5)s4)c4nsnc34)s2)s1. The summed E-state index contributed by atoms with van der Waals surface area (Å²) in [6.07, 6.45) is 52.0. The molecule has 136 heavy (non-hydrogen) atoms. The Balaban J connectivity index is 0.685. The van der Waals surface area contributed by atoms with Crippen LogP contribution in [-0.4, -0.2) is 17.5 Å². The van der Waals surface area contributed by atoms with Crippen molar-refractivity contribution >= 4 is 159 Å². The number of rotatable bonds is 56. The number of fused-ring (bicyclic) bond motifs is 8. The summed E-state index contributed by atoms with van der Waals surface area (Å²) in [6.45, 7) is 23.9. The summed E-state index contributed by atoms with van der Waals surface area (Å²) >= 11 is 19.4. The minimum atomic E-state index is -0.876. The molecule has 2 aliphatic carbocycles. The van der Waals surface area contributed by atoms with Crippen molar-refractivity contribution in [1.82, 2.24) is 17.5 Å². The maximum atomic E-state index is 17.3. The van der Waals surface area contributed by atoms with Gasteiger partial charge in [0.25, 0.3) is 0 Å². The lowest BCUT2D eigenvalue weighted by atomic mass is 9.63. The second-order valence-corrected chi connectivity index (χ2v) is 51.4. The van der Waals surface area contributed by atoms with E-state index in [1.165, 1.54) is 312 Å². The smallest absolute Gasteiger partial charge is 0.170 e. The molecule has 15 aromatic rings. The van der Waals surface area contributed by atoms with Gasteiger partial charge in [0.1, 0.15) is 22.1 Å². The van der Waals surface area contributed by atoms with Crippen molar-refractivity contribution in [1.29, 1.82) is 0 Å². The highest BCUT2D eigenvalue weighted by Gasteiger charge is 2.52. The largest absolute Gasteiger partial charge is 0.203 e. The lowest BCUT2D eigenvalue weighted by molar-refractivity contribution is 0.264. The first kappa shape index (κ1) is 102. The number of hydrogen-bond acceptors (Lipinski definition) is 16. The van der Waals surface area contributed by atoms with E-state index < -0.39 is 23.3 Å². The Kier molecular flexibility index (Phi) is 35.8. The van der Waals surface area contributed by atoms with Crippen LogP contribution in [0.25, 0.3) is 143 Å². The summed E-state index contributed by atoms with van der Waals surface area (Å²) in [5.41, 5.74) is 11.0. The molecule has 0 amide bonds. The fourth-order valence-corrected chi connectivity index (χ4v) is 34.8. The van der Waals surface area contributed by atoms with Crippen LogP contribution < -0.4 is 0 Å². The summed E-state index contributed by atoms with van der Waals surface area (Å²) in [5.74, 6) is -1.32. The molecule has 0 N–H and O–H groups in total. The monoisotopic (exact) mass is 2050 g/mol. The van der Waals surface area contributed by atoms with Crippen LogP contribution in [0, 0.1) is 46.9 Å². The molecule has 0 fully saturated rings. The summed E-state index contributed by atoms with van der Waals surface area (Å²) in [5, 5.41) is 0. The Bertz CT molecular complexity index is 5990. The third-order valence-corrected chi connectivity index (χ3v) is 43.5. The molecule has 0 aliphatic heterocycles. The topological polar surface area (TPSA) is 51.6 Å². The zero-order chi connectivity index (χ0) is 94.4. The van der Waals surface area contributed by atoms with Crippen molar-refractivity contribution in [3.8, 4) is 121 Å². The highest BCUT2D eigenvalue weighted by atomic mass is 32.1. The van der Waals surface area contributed by atoms with Gasteiger partial charge in [0.15, 0.2) is 23.3 Å². The number of thiophene rings is 10. The van der Waals surface area contributed by atoms with Crippen LogP contribution in [0.2, 0.25) is 0 Å². The van der Waals surface area contributed by atoms with E-state index in [1.54, 1.807) is 11.1 Å². The minimum absolute atomic E-state index is 0.184. The van der Waals surface area contributed by atoms with E-state index in [-0.39, 0.29) is 33.1 Å². The van der Waals surface area contributed by atoms with Crippen LogP contribution in [0.5, 0.6) is 0 Å². The van der Waals surface area contributed by atoms with E-state index in [0.29, 0.717) is 65.2 Å². The lowest BCUT2D eigenvalue weighted by Gasteiger charge is -2.40. The molecule has 722 valence electrons. The number of unbranched alkanes of at least 4 members (excludes halogenated alkanes) is 22. The van der Waals surface area contributed by atoms with E-state index in [2.05, 4.69) is 166 Å². The van der Waals surface area contributed by atoms with Gasteiger partial charge in [-0.2, -0.15) is 17.5 Å². The van der Waals surface area contributed by atoms with Crippen molar-refractivity contribution in [2.75, 3.05) is 0 Å². The normalized spacial score (nSPS) is 15.6. The number of aryl methyl sites for hydroxylation is 2. The van der Waals surface area contributed by atoms with Crippen molar-refractivity contribution in [2.24, 2.45) is 23.7 Å². The fraction of sp³-hybridized carbons (Fsp3) is 0.500. The van der Waals surface area contributed by atoms with Crippen LogP contribution in [0.1, 0.15) is 358 Å². The molecule has 4 nitrogen and oxygen atoms in total. The molecule has 0 saturated heterocycles. The first-order chi connectivity index (χ1) is 66.6. The Hall–Kier alpha value is -5.98. The third-order valence-electron chi connectivity index (χ3n) is 30.0. The molecule has 12 heterocycles. The number of nitrogens with zero attached hydrogens (tertiary/aromatic N) is 4. The van der Waals surface area contributed by atoms with Gasteiger partial charge >= 0.3 is 0 Å². The predicted molar refractivity (Wildman–Crippen MR) is 597 cm³/mol. The van der Waals surface area contributed by atoms with Gasteiger partial charge in [0, 0.05) is 108 Å². The average Bonchev–Trinajstić information content (AvgIpc) is 1.51. The van der Waals surface area contributed by atoms with Crippen molar-refractivity contribution in [3.05, 3.63) is 177 Å². The summed E-state index contributed by atoms with van der Waals surface area (Å²) in [4.78, 5) is 22.0. The summed E-state index contributed by atoms with van der Waals surface area (Å²) in [6, 6.07) is 45.2. The van der Waals surface area contributed by atoms with Gasteiger partial charge < -0.3 is 0 Å². The molecule has 4 atom stereocenters. The molecule has 17 rings (SSSR count). The second-order valence-electron chi connectivity index (χ2n) is 39.4. The summed E-state index contributed by atoms with van der Waals surface area (Å²) < 4.78 is 88.1. The Morgan fingerprint density at radius 1 is 0.235 bits per heavy atom. The van der Waals surface area contributed by atoms with Gasteiger partial charge in [-0.25, -0.2) is 17.6 Å². The number of hydrogen-bond donors (Lipinski definition) is 0. The number of benzene rings is 3. The molecule has 0 saturated carbocycles. The number of halogens is 4. The van der Waals surface area contributed by atoms with Gasteiger partial charge in [-0.05, 0) is 230 Å². The Labute approximate surface area is 856 Å². The standard InChI is InChI=1S/C116H138F4N4S12/c1-11-21-27-29-31-33-35-37-39-41-47-77-49-51-85(125-77)87-57-61-95(129-87)101-105(117)107(119)103(111-109(101)121-135-123-111)97-63-59-91(131-97)89-53-55-93(127-89)99-67-83-113(133-99)79-65-82-80(66-81(79)115(83,69-73(17-7)43-23-13-3)70-74(18-8)44-24-14-4)114-84(116(82,71-75(19-9)45-25-15-5)72-76(20-10)46-26-16-6)68-100(134-114)94-56-54-90(128-94)92-60-64-98(132-92)104-108(120)106(118)102(110-112(104)124-136-122-110)96-62-58-88(130-96)86-52-50-78(126-86)48-42-40-38-36-34-32-30-28-22-12-2/h49-68,73-76H,11-48,69-72H2,1-10H3. The molecule has 0 radical (unpaired) electrons. The Morgan fingerprint density at radius 3 is 0.728 bits per heavy atom. The van der Waals surface area contributed by atoms with Gasteiger partial charge in [0.2, 0.25) is 0 Å². The average molecular weight is 2050 g/mol. The molecule has 12 aromatic heterocycles. The molecule has 0 spiro atoms. The second kappa shape index (κ2) is 47.9. The quantitative estimate of drug-likeness (QED) is 0.0282. The fourth-order valence-electron chi connectivity index (χ4n) is 22.3. The van der Waals surface area contributed by atoms with Crippen LogP contribution in [-0.2, 0) is 23.7 Å². The molecule has 2 aliphatic rings. The zero-order valence-electron chi connectivity index (χ0n) is 81.8. The molecule has 0 bridgehead atoms. The maximum Gasteiger partial charge on any atom is 0.170 e. The predicted octanol–water partition coefficient (Wildman–Crippen LogP) is 43.4. The van der Waals surface area contributed by atoms with Crippen LogP contribution >= 0.6 is 137 Å². The van der Waals surface area contributed by atoms with E-state index in [1.807, 2.05) is 92.3 Å². The number of aromatic nitrogens is 4. The first-order valence-corrected chi connectivity index (χ1v) is 61.8. The van der Waals surface area contributed by atoms with Crippen molar-refractivity contribution < 1.29 is 17.6 Å². The molecular formula is C116H138F4N4S12. The van der Waals surface area contributed by atoms with Crippen molar-refractivity contribution in [3.63, 3.8) is 0 Å². The van der Waals surface area contributed by atoms with Gasteiger partial charge in [0.05, 0.1) is 45.7 Å². The molecular weight excluding hydrogens is 1910 g/mol. The summed E-state index contributed by atoms with van der Waals surface area (Å²) in [7, 11) is 0. The lowest BCUT2D eigenvalue weighted by Crippen LogP contribution is -2.32. The zero-order valence-corrected chi connectivity index (χ0v) is 91.6. The van der Waals surface area contributed by atoms with E-state index in [0.717, 1.165) is 127 Å². The van der Waals surface area contributed by atoms with E-state index in [9.17, 15) is 0 Å². The van der Waals surface area contributed by atoms with Crippen LogP contribution in [0.3, 0.4) is 0 Å². The van der Waals surface area contributed by atoms with Crippen molar-refractivity contribution in [2.45, 2.75) is 350 Å². The maximum absolute atomic E-state index is 17.3. The first-order valence-electron chi connectivity index (χ1n) is 52.1. The Morgan fingerprint density at radius 2 is 0.463 bits per heavy atom. The van der Waals surface area contributed by atoms with Gasteiger partial charge in [-0.15, -0.1) is 113 Å². The van der Waals surface area contributed by atoms with Crippen LogP contribution in [0.4, 0.5) is 17.6 Å². The van der Waals surface area contributed by atoms with E-state index in [4.69, 9.17) is 17.5 Å². The van der Waals surface area contributed by atoms with Crippen LogP contribution in [0.15, 0.2) is 121 Å². The molecule has 3 aromatic carbocycles.